The van der Waals surface area contributed by atoms with E-state index in [9.17, 15) is 4.39 Å². The van der Waals surface area contributed by atoms with E-state index >= 15 is 0 Å². The van der Waals surface area contributed by atoms with Gasteiger partial charge in [-0.25, -0.2) is 9.07 Å². The van der Waals surface area contributed by atoms with Crippen LogP contribution in [-0.2, 0) is 6.42 Å². The molecule has 0 aliphatic heterocycles. The van der Waals surface area contributed by atoms with E-state index in [4.69, 9.17) is 0 Å². The van der Waals surface area contributed by atoms with Crippen molar-refractivity contribution in [2.45, 2.75) is 40.0 Å². The number of nitrogens with one attached hydrogen (secondary N) is 1. The van der Waals surface area contributed by atoms with Crippen molar-refractivity contribution in [3.8, 4) is 5.69 Å². The molecule has 0 radical (unpaired) electrons. The predicted molar refractivity (Wildman–Crippen MR) is 84.5 cm³/mol. The van der Waals surface area contributed by atoms with Crippen LogP contribution in [0.2, 0.25) is 0 Å². The maximum absolute atomic E-state index is 13.4. The van der Waals surface area contributed by atoms with Gasteiger partial charge in [0.2, 0.25) is 0 Å². The van der Waals surface area contributed by atoms with Gasteiger partial charge in [-0.05, 0) is 70.0 Å². The molecule has 0 aliphatic rings. The first kappa shape index (κ1) is 15.7. The molecule has 2 rings (SSSR count). The summed E-state index contributed by atoms with van der Waals surface area (Å²) in [4.78, 5) is 0. The Morgan fingerprint density at radius 3 is 2.76 bits per heavy atom. The van der Waals surface area contributed by atoms with Gasteiger partial charge < -0.3 is 5.32 Å². The third kappa shape index (κ3) is 3.91. The Labute approximate surface area is 126 Å². The summed E-state index contributed by atoms with van der Waals surface area (Å²) < 4.78 is 15.2. The van der Waals surface area contributed by atoms with Crippen LogP contribution in [0.15, 0.2) is 24.3 Å². The number of aryl methyl sites for hydroxylation is 1. The summed E-state index contributed by atoms with van der Waals surface area (Å²) in [6.45, 7) is 8.35. The molecule has 0 saturated heterocycles. The lowest BCUT2D eigenvalue weighted by Gasteiger charge is -2.06. The highest BCUT2D eigenvalue weighted by atomic mass is 19.1. The molecule has 0 atom stereocenters. The van der Waals surface area contributed by atoms with Crippen LogP contribution in [0.25, 0.3) is 5.69 Å². The summed E-state index contributed by atoms with van der Waals surface area (Å²) in [5, 5.41) is 7.98. The number of nitrogens with zero attached hydrogens (tertiary/aromatic N) is 2. The first-order valence-corrected chi connectivity index (χ1v) is 7.65. The summed E-state index contributed by atoms with van der Waals surface area (Å²) in [6.07, 6.45) is 3.26. The molecule has 4 heteroatoms. The highest BCUT2D eigenvalue weighted by Crippen LogP contribution is 2.19. The average molecular weight is 289 g/mol. The zero-order valence-electron chi connectivity index (χ0n) is 13.1. The average Bonchev–Trinajstić information content (AvgIpc) is 2.74. The fourth-order valence-electron chi connectivity index (χ4n) is 2.59. The van der Waals surface area contributed by atoms with E-state index in [2.05, 4.69) is 24.3 Å². The number of benzene rings is 1. The molecule has 2 aromatic rings. The first-order chi connectivity index (χ1) is 10.1. The number of hydrogen-bond acceptors (Lipinski definition) is 2. The summed E-state index contributed by atoms with van der Waals surface area (Å²) in [5.74, 6) is -0.231. The third-order valence-electron chi connectivity index (χ3n) is 3.70. The zero-order chi connectivity index (χ0) is 15.2. The normalized spacial score (nSPS) is 11.0. The second-order valence-corrected chi connectivity index (χ2v) is 5.39. The quantitative estimate of drug-likeness (QED) is 0.790. The van der Waals surface area contributed by atoms with E-state index in [1.165, 1.54) is 17.7 Å². The molecule has 1 N–H and O–H groups in total. The molecular weight excluding hydrogens is 265 g/mol. The Bertz CT molecular complexity index is 590. The maximum Gasteiger partial charge on any atom is 0.125 e. The first-order valence-electron chi connectivity index (χ1n) is 7.65. The van der Waals surface area contributed by atoms with Crippen LogP contribution < -0.4 is 5.32 Å². The zero-order valence-corrected chi connectivity index (χ0v) is 13.1. The van der Waals surface area contributed by atoms with Crippen molar-refractivity contribution in [1.29, 1.82) is 0 Å². The molecule has 0 spiro atoms. The second kappa shape index (κ2) is 7.36. The number of hydrogen-bond donors (Lipinski definition) is 1. The Balaban J connectivity index is 2.10. The van der Waals surface area contributed by atoms with Crippen molar-refractivity contribution in [3.05, 3.63) is 47.0 Å². The topological polar surface area (TPSA) is 29.9 Å². The Morgan fingerprint density at radius 2 is 2.05 bits per heavy atom. The summed E-state index contributed by atoms with van der Waals surface area (Å²) in [5.41, 5.74) is 4.20. The highest BCUT2D eigenvalue weighted by Gasteiger charge is 2.12. The van der Waals surface area contributed by atoms with E-state index < -0.39 is 0 Å². The lowest BCUT2D eigenvalue weighted by Crippen LogP contribution is -2.16. The van der Waals surface area contributed by atoms with E-state index in [0.29, 0.717) is 0 Å². The summed E-state index contributed by atoms with van der Waals surface area (Å²) in [6, 6.07) is 6.58. The van der Waals surface area contributed by atoms with Crippen molar-refractivity contribution in [3.63, 3.8) is 0 Å². The minimum absolute atomic E-state index is 0.231. The molecule has 0 aliphatic carbocycles. The molecule has 114 valence electrons. The van der Waals surface area contributed by atoms with Gasteiger partial charge in [0.05, 0.1) is 11.4 Å². The molecule has 1 aromatic heterocycles. The fraction of sp³-hybridized carbons (Fsp3) is 0.471. The molecule has 1 aromatic carbocycles. The lowest BCUT2D eigenvalue weighted by molar-refractivity contribution is 0.625. The van der Waals surface area contributed by atoms with Crippen molar-refractivity contribution in [2.24, 2.45) is 0 Å². The van der Waals surface area contributed by atoms with Gasteiger partial charge >= 0.3 is 0 Å². The van der Waals surface area contributed by atoms with Crippen molar-refractivity contribution in [2.75, 3.05) is 13.1 Å². The predicted octanol–water partition coefficient (Wildman–Crippen LogP) is 3.56. The van der Waals surface area contributed by atoms with Crippen LogP contribution in [0, 0.1) is 19.7 Å². The number of rotatable bonds is 7. The highest BCUT2D eigenvalue weighted by molar-refractivity contribution is 5.37. The minimum Gasteiger partial charge on any atom is -0.317 e. The van der Waals surface area contributed by atoms with Crippen LogP contribution in [0.1, 0.15) is 36.7 Å². The van der Waals surface area contributed by atoms with Crippen LogP contribution >= 0.6 is 0 Å². The van der Waals surface area contributed by atoms with Crippen LogP contribution in [0.4, 0.5) is 4.39 Å². The van der Waals surface area contributed by atoms with Crippen molar-refractivity contribution in [1.82, 2.24) is 15.1 Å². The monoisotopic (exact) mass is 289 g/mol. The SMILES string of the molecule is CCCNCCCc1c(C)nn(-c2cccc(F)c2)c1C. The molecule has 1 heterocycles. The van der Waals surface area contributed by atoms with E-state index in [1.54, 1.807) is 6.07 Å². The summed E-state index contributed by atoms with van der Waals surface area (Å²) >= 11 is 0. The lowest BCUT2D eigenvalue weighted by atomic mass is 10.1. The summed E-state index contributed by atoms with van der Waals surface area (Å²) in [7, 11) is 0. The molecule has 0 fully saturated rings. The van der Waals surface area contributed by atoms with E-state index in [-0.39, 0.29) is 5.82 Å². The largest absolute Gasteiger partial charge is 0.317 e. The minimum atomic E-state index is -0.231. The molecule has 21 heavy (non-hydrogen) atoms. The van der Waals surface area contributed by atoms with E-state index in [0.717, 1.165) is 49.4 Å². The van der Waals surface area contributed by atoms with Gasteiger partial charge in [-0.2, -0.15) is 5.10 Å². The van der Waals surface area contributed by atoms with Gasteiger partial charge in [-0.3, -0.25) is 0 Å². The Kier molecular flexibility index (Phi) is 5.51. The number of halogens is 1. The molecule has 0 amide bonds. The van der Waals surface area contributed by atoms with Gasteiger partial charge in [0.15, 0.2) is 0 Å². The van der Waals surface area contributed by atoms with E-state index in [1.807, 2.05) is 17.7 Å². The third-order valence-corrected chi connectivity index (χ3v) is 3.70. The van der Waals surface area contributed by atoms with Crippen LogP contribution in [0.5, 0.6) is 0 Å². The van der Waals surface area contributed by atoms with Gasteiger partial charge in [0.1, 0.15) is 5.82 Å². The molecule has 0 bridgehead atoms. The van der Waals surface area contributed by atoms with Crippen molar-refractivity contribution >= 4 is 0 Å². The van der Waals surface area contributed by atoms with Gasteiger partial charge in [0.25, 0.3) is 0 Å². The fourth-order valence-corrected chi connectivity index (χ4v) is 2.59. The van der Waals surface area contributed by atoms with Gasteiger partial charge in [-0.15, -0.1) is 0 Å². The molecule has 0 unspecified atom stereocenters. The number of aromatic nitrogens is 2. The van der Waals surface area contributed by atoms with Gasteiger partial charge in [-0.1, -0.05) is 13.0 Å². The van der Waals surface area contributed by atoms with Crippen LogP contribution in [0.3, 0.4) is 0 Å². The van der Waals surface area contributed by atoms with Gasteiger partial charge in [0, 0.05) is 5.69 Å². The standard InChI is InChI=1S/C17H24FN3/c1-4-10-19-11-6-9-17-13(2)20-21(14(17)3)16-8-5-7-15(18)12-16/h5,7-8,12,19H,4,6,9-11H2,1-3H3. The maximum atomic E-state index is 13.4. The second-order valence-electron chi connectivity index (χ2n) is 5.39. The smallest absolute Gasteiger partial charge is 0.125 e. The van der Waals surface area contributed by atoms with Crippen LogP contribution in [-0.4, -0.2) is 22.9 Å². The molecule has 3 nitrogen and oxygen atoms in total. The molecule has 0 saturated carbocycles. The van der Waals surface area contributed by atoms with Crippen molar-refractivity contribution < 1.29 is 4.39 Å². The Morgan fingerprint density at radius 1 is 1.24 bits per heavy atom. The molecular formula is C17H24FN3. The Hall–Kier alpha value is -1.68.